The lowest BCUT2D eigenvalue weighted by Crippen LogP contribution is -2.42. The normalized spacial score (nSPS) is 12.8. The highest BCUT2D eigenvalue weighted by Gasteiger charge is 2.27. The molecule has 0 aliphatic carbocycles. The number of benzene rings is 1. The van der Waals surface area contributed by atoms with Crippen LogP contribution in [0.3, 0.4) is 0 Å². The quantitative estimate of drug-likeness (QED) is 0.415. The van der Waals surface area contributed by atoms with Gasteiger partial charge in [-0.2, -0.15) is 8.75 Å². The molecular formula is C20H24F2N6O2S. The van der Waals surface area contributed by atoms with Crippen molar-refractivity contribution in [2.75, 3.05) is 17.2 Å². The third-order valence-corrected chi connectivity index (χ3v) is 4.96. The Hall–Kier alpha value is -2.92. The van der Waals surface area contributed by atoms with Crippen molar-refractivity contribution in [1.29, 1.82) is 0 Å². The first-order valence-electron chi connectivity index (χ1n) is 9.64. The maximum atomic E-state index is 14.4. The Balaban J connectivity index is 1.83. The molecule has 166 valence electrons. The highest BCUT2D eigenvalue weighted by Crippen LogP contribution is 2.27. The number of aromatic nitrogens is 3. The Morgan fingerprint density at radius 1 is 1.19 bits per heavy atom. The van der Waals surface area contributed by atoms with Gasteiger partial charge in [-0.15, -0.1) is 0 Å². The Bertz CT molecular complexity index is 1080. The molecule has 1 unspecified atom stereocenters. The summed E-state index contributed by atoms with van der Waals surface area (Å²) in [5.74, 6) is -0.751. The van der Waals surface area contributed by atoms with Crippen LogP contribution in [0.4, 0.5) is 26.0 Å². The van der Waals surface area contributed by atoms with Crippen LogP contribution in [0.5, 0.6) is 0 Å². The molecule has 4 N–H and O–H groups in total. The summed E-state index contributed by atoms with van der Waals surface area (Å²) in [6, 6.07) is 4.37. The first kappa shape index (κ1) is 22.8. The van der Waals surface area contributed by atoms with Crippen LogP contribution in [0.1, 0.15) is 38.1 Å². The summed E-state index contributed by atoms with van der Waals surface area (Å²) in [4.78, 5) is 16.8. The summed E-state index contributed by atoms with van der Waals surface area (Å²) in [5.41, 5.74) is 0.259. The zero-order valence-electron chi connectivity index (χ0n) is 17.5. The van der Waals surface area contributed by atoms with Crippen LogP contribution in [-0.2, 0) is 0 Å². The monoisotopic (exact) mass is 450 g/mol. The highest BCUT2D eigenvalue weighted by atomic mass is 32.1. The molecule has 0 radical (unpaired) electrons. The first-order valence-corrected chi connectivity index (χ1v) is 10.4. The molecule has 1 atom stereocenters. The van der Waals surface area contributed by atoms with E-state index in [4.69, 9.17) is 0 Å². The van der Waals surface area contributed by atoms with Gasteiger partial charge in [0, 0.05) is 24.4 Å². The minimum absolute atomic E-state index is 0.0127. The van der Waals surface area contributed by atoms with Crippen molar-refractivity contribution in [3.05, 3.63) is 35.8 Å². The SMILES string of the molecule is CC(C)Nc1cc(Nc2cc3nsnc3cc2F)ncc1C(=O)NCC(F)C(C)(C)O. The largest absolute Gasteiger partial charge is 0.387 e. The van der Waals surface area contributed by atoms with Crippen LogP contribution < -0.4 is 16.0 Å². The summed E-state index contributed by atoms with van der Waals surface area (Å²) in [6.07, 6.45) is -0.314. The summed E-state index contributed by atoms with van der Waals surface area (Å²) in [5, 5.41) is 18.2. The van der Waals surface area contributed by atoms with Crippen molar-refractivity contribution in [1.82, 2.24) is 19.0 Å². The van der Waals surface area contributed by atoms with Gasteiger partial charge >= 0.3 is 0 Å². The maximum absolute atomic E-state index is 14.4. The molecule has 31 heavy (non-hydrogen) atoms. The molecule has 0 fully saturated rings. The van der Waals surface area contributed by atoms with E-state index in [1.54, 1.807) is 6.07 Å². The fourth-order valence-electron chi connectivity index (χ4n) is 2.70. The topological polar surface area (TPSA) is 112 Å². The summed E-state index contributed by atoms with van der Waals surface area (Å²) in [6.45, 7) is 6.09. The number of nitrogens with zero attached hydrogens (tertiary/aromatic N) is 3. The molecule has 0 bridgehead atoms. The van der Waals surface area contributed by atoms with E-state index in [0.29, 0.717) is 22.5 Å². The number of rotatable bonds is 8. The molecule has 2 aromatic heterocycles. The van der Waals surface area contributed by atoms with Gasteiger partial charge in [0.1, 0.15) is 28.8 Å². The fraction of sp³-hybridized carbons (Fsp3) is 0.400. The Kier molecular flexibility index (Phi) is 6.65. The van der Waals surface area contributed by atoms with Crippen molar-refractivity contribution in [2.24, 2.45) is 0 Å². The van der Waals surface area contributed by atoms with Gasteiger partial charge in [0.2, 0.25) is 0 Å². The smallest absolute Gasteiger partial charge is 0.255 e. The zero-order chi connectivity index (χ0) is 22.8. The molecule has 1 aromatic carbocycles. The minimum atomic E-state index is -1.63. The van der Waals surface area contributed by atoms with Gasteiger partial charge < -0.3 is 21.1 Å². The maximum Gasteiger partial charge on any atom is 0.255 e. The molecule has 3 aromatic rings. The molecule has 0 aliphatic heterocycles. The third kappa shape index (κ3) is 5.61. The number of pyridine rings is 1. The number of fused-ring (bicyclic) bond motifs is 1. The molecule has 2 heterocycles. The van der Waals surface area contributed by atoms with E-state index in [9.17, 15) is 18.7 Å². The number of amides is 1. The zero-order valence-corrected chi connectivity index (χ0v) is 18.3. The summed E-state index contributed by atoms with van der Waals surface area (Å²) >= 11 is 0.992. The van der Waals surface area contributed by atoms with Gasteiger partial charge in [0.05, 0.1) is 40.8 Å². The molecule has 1 amide bonds. The first-order chi connectivity index (χ1) is 14.5. The van der Waals surface area contributed by atoms with Gasteiger partial charge in [-0.05, 0) is 33.8 Å². The van der Waals surface area contributed by atoms with Gasteiger partial charge in [0.15, 0.2) is 0 Å². The number of carbonyl (C=O) groups excluding carboxylic acids is 1. The number of hydrogen-bond acceptors (Lipinski definition) is 8. The van der Waals surface area contributed by atoms with E-state index in [1.165, 1.54) is 32.2 Å². The number of aliphatic hydroxyl groups is 1. The van der Waals surface area contributed by atoms with Gasteiger partial charge in [-0.25, -0.2) is 13.8 Å². The van der Waals surface area contributed by atoms with Crippen molar-refractivity contribution in [2.45, 2.75) is 45.5 Å². The summed E-state index contributed by atoms with van der Waals surface area (Å²) in [7, 11) is 0. The van der Waals surface area contributed by atoms with Crippen LogP contribution >= 0.6 is 11.7 Å². The fourth-order valence-corrected chi connectivity index (χ4v) is 3.21. The van der Waals surface area contributed by atoms with Gasteiger partial charge in [0.25, 0.3) is 5.91 Å². The number of halogens is 2. The number of hydrogen-bond donors (Lipinski definition) is 4. The van der Waals surface area contributed by atoms with E-state index >= 15 is 0 Å². The minimum Gasteiger partial charge on any atom is -0.387 e. The van der Waals surface area contributed by atoms with Crippen molar-refractivity contribution >= 4 is 45.9 Å². The van der Waals surface area contributed by atoms with E-state index in [0.717, 1.165) is 11.7 Å². The molecular weight excluding hydrogens is 426 g/mol. The molecule has 0 spiro atoms. The molecule has 0 aliphatic rings. The highest BCUT2D eigenvalue weighted by molar-refractivity contribution is 7.00. The van der Waals surface area contributed by atoms with Crippen LogP contribution in [0.15, 0.2) is 24.4 Å². The second-order valence-electron chi connectivity index (χ2n) is 7.96. The van der Waals surface area contributed by atoms with E-state index < -0.39 is 23.5 Å². The van der Waals surface area contributed by atoms with Gasteiger partial charge in [-0.3, -0.25) is 4.79 Å². The number of carbonyl (C=O) groups is 1. The van der Waals surface area contributed by atoms with Crippen LogP contribution in [-0.4, -0.2) is 49.1 Å². The van der Waals surface area contributed by atoms with Crippen molar-refractivity contribution < 1.29 is 18.7 Å². The average molecular weight is 451 g/mol. The summed E-state index contributed by atoms with van der Waals surface area (Å²) < 4.78 is 36.5. The van der Waals surface area contributed by atoms with Gasteiger partial charge in [-0.1, -0.05) is 0 Å². The number of alkyl halides is 1. The third-order valence-electron chi connectivity index (χ3n) is 4.41. The van der Waals surface area contributed by atoms with Crippen LogP contribution in [0.25, 0.3) is 11.0 Å². The van der Waals surface area contributed by atoms with E-state index in [1.807, 2.05) is 13.8 Å². The molecule has 11 heteroatoms. The van der Waals surface area contributed by atoms with E-state index in [-0.39, 0.29) is 23.8 Å². The lowest BCUT2D eigenvalue weighted by Gasteiger charge is -2.23. The Morgan fingerprint density at radius 3 is 2.52 bits per heavy atom. The number of nitrogens with one attached hydrogen (secondary N) is 3. The van der Waals surface area contributed by atoms with Crippen LogP contribution in [0.2, 0.25) is 0 Å². The Morgan fingerprint density at radius 2 is 1.87 bits per heavy atom. The number of anilines is 3. The standard InChI is InChI=1S/C20H24F2N6O2S/c1-10(2)25-13-7-18(26-14-6-16-15(5-12(14)21)27-31-28-16)23-8-11(13)19(29)24-9-17(22)20(3,4)30/h5-8,10,17,30H,9H2,1-4H3,(H,24,29)(H2,23,25,26). The van der Waals surface area contributed by atoms with Crippen molar-refractivity contribution in [3.63, 3.8) is 0 Å². The van der Waals surface area contributed by atoms with Crippen molar-refractivity contribution in [3.8, 4) is 0 Å². The predicted molar refractivity (Wildman–Crippen MR) is 117 cm³/mol. The lowest BCUT2D eigenvalue weighted by molar-refractivity contribution is -0.00177. The lowest BCUT2D eigenvalue weighted by atomic mass is 10.0. The van der Waals surface area contributed by atoms with E-state index in [2.05, 4.69) is 29.7 Å². The average Bonchev–Trinajstić information content (AvgIpc) is 3.12. The molecule has 3 rings (SSSR count). The molecule has 0 saturated heterocycles. The molecule has 0 saturated carbocycles. The molecule has 8 nitrogen and oxygen atoms in total. The second kappa shape index (κ2) is 9.06. The van der Waals surface area contributed by atoms with Crippen LogP contribution in [0, 0.1) is 5.82 Å². The second-order valence-corrected chi connectivity index (χ2v) is 8.48. The Labute approximate surface area is 182 Å². The predicted octanol–water partition coefficient (Wildman–Crippen LogP) is 3.63.